The van der Waals surface area contributed by atoms with Crippen LogP contribution < -0.4 is 4.74 Å². The van der Waals surface area contributed by atoms with Gasteiger partial charge in [-0.05, 0) is 33.6 Å². The van der Waals surface area contributed by atoms with Crippen LogP contribution in [0.2, 0.25) is 0 Å². The Balaban J connectivity index is 2.04. The average Bonchev–Trinajstić information content (AvgIpc) is 2.73. The van der Waals surface area contributed by atoms with E-state index in [0.29, 0.717) is 12.5 Å². The van der Waals surface area contributed by atoms with Gasteiger partial charge in [0.25, 0.3) is 0 Å². The molecule has 0 fully saturated rings. The Morgan fingerprint density at radius 2 is 2.29 bits per heavy atom. The standard InChI is InChI=1S/C11H11BrClN3O/c1-16-6-9(14-15-16)7-17-11-3-2-8(5-13)4-10(11)12/h2-4,6H,5,7H2,1H3. The number of ether oxygens (including phenoxy) is 1. The summed E-state index contributed by atoms with van der Waals surface area (Å²) in [7, 11) is 1.82. The lowest BCUT2D eigenvalue weighted by atomic mass is 10.2. The SMILES string of the molecule is Cn1cc(COc2ccc(CCl)cc2Br)nn1. The number of aryl methyl sites for hydroxylation is 1. The number of rotatable bonds is 4. The maximum absolute atomic E-state index is 5.74. The highest BCUT2D eigenvalue weighted by molar-refractivity contribution is 9.10. The van der Waals surface area contributed by atoms with Crippen LogP contribution in [-0.2, 0) is 19.5 Å². The van der Waals surface area contributed by atoms with Crippen molar-refractivity contribution in [1.29, 1.82) is 0 Å². The van der Waals surface area contributed by atoms with E-state index in [1.54, 1.807) is 4.68 Å². The summed E-state index contributed by atoms with van der Waals surface area (Å²) in [5, 5.41) is 7.78. The molecule has 0 unspecified atom stereocenters. The number of aromatic nitrogens is 3. The highest BCUT2D eigenvalue weighted by atomic mass is 79.9. The van der Waals surface area contributed by atoms with Crippen LogP contribution in [-0.4, -0.2) is 15.0 Å². The summed E-state index contributed by atoms with van der Waals surface area (Å²) in [4.78, 5) is 0. The van der Waals surface area contributed by atoms with E-state index in [9.17, 15) is 0 Å². The van der Waals surface area contributed by atoms with Gasteiger partial charge in [0.15, 0.2) is 0 Å². The molecule has 2 aromatic rings. The maximum atomic E-state index is 5.74. The third kappa shape index (κ3) is 3.20. The molecule has 17 heavy (non-hydrogen) atoms. The van der Waals surface area contributed by atoms with E-state index < -0.39 is 0 Å². The number of nitrogens with zero attached hydrogens (tertiary/aromatic N) is 3. The zero-order valence-electron chi connectivity index (χ0n) is 9.23. The molecule has 0 spiro atoms. The third-order valence-corrected chi connectivity index (χ3v) is 3.10. The molecule has 0 saturated carbocycles. The minimum absolute atomic E-state index is 0.395. The third-order valence-electron chi connectivity index (χ3n) is 2.18. The van der Waals surface area contributed by atoms with Crippen molar-refractivity contribution in [1.82, 2.24) is 15.0 Å². The van der Waals surface area contributed by atoms with Crippen LogP contribution in [0.3, 0.4) is 0 Å². The van der Waals surface area contributed by atoms with Crippen LogP contribution in [0.1, 0.15) is 11.3 Å². The molecule has 1 aromatic heterocycles. The van der Waals surface area contributed by atoms with Crippen molar-refractivity contribution in [2.75, 3.05) is 0 Å². The van der Waals surface area contributed by atoms with E-state index in [1.165, 1.54) is 0 Å². The molecule has 6 heteroatoms. The van der Waals surface area contributed by atoms with E-state index >= 15 is 0 Å². The minimum Gasteiger partial charge on any atom is -0.486 e. The molecule has 0 aliphatic rings. The minimum atomic E-state index is 0.395. The fraction of sp³-hybridized carbons (Fsp3) is 0.273. The summed E-state index contributed by atoms with van der Waals surface area (Å²) < 4.78 is 8.16. The van der Waals surface area contributed by atoms with Crippen LogP contribution in [0.4, 0.5) is 0 Å². The Morgan fingerprint density at radius 3 is 2.88 bits per heavy atom. The molecule has 0 amide bonds. The highest BCUT2D eigenvalue weighted by Gasteiger charge is 2.04. The Labute approximate surface area is 113 Å². The van der Waals surface area contributed by atoms with Gasteiger partial charge in [-0.1, -0.05) is 11.3 Å². The molecule has 0 atom stereocenters. The molecule has 2 rings (SSSR count). The molecule has 4 nitrogen and oxygen atoms in total. The van der Waals surface area contributed by atoms with E-state index in [1.807, 2.05) is 31.4 Å². The number of hydrogen-bond donors (Lipinski definition) is 0. The van der Waals surface area contributed by atoms with Gasteiger partial charge in [0.1, 0.15) is 18.1 Å². The number of hydrogen-bond acceptors (Lipinski definition) is 3. The molecule has 1 heterocycles. The monoisotopic (exact) mass is 315 g/mol. The molecule has 0 aliphatic carbocycles. The molecule has 0 aliphatic heterocycles. The first-order valence-electron chi connectivity index (χ1n) is 5.01. The van der Waals surface area contributed by atoms with Crippen molar-refractivity contribution >= 4 is 27.5 Å². The van der Waals surface area contributed by atoms with Crippen molar-refractivity contribution < 1.29 is 4.74 Å². The molecule has 0 saturated heterocycles. The van der Waals surface area contributed by atoms with E-state index in [0.717, 1.165) is 21.5 Å². The first-order chi connectivity index (χ1) is 8.19. The van der Waals surface area contributed by atoms with Gasteiger partial charge in [-0.15, -0.1) is 16.7 Å². The molecule has 0 bridgehead atoms. The first-order valence-corrected chi connectivity index (χ1v) is 6.34. The molecule has 90 valence electrons. The molecule has 1 aromatic carbocycles. The predicted octanol–water partition coefficient (Wildman–Crippen LogP) is 2.90. The second-order valence-corrected chi connectivity index (χ2v) is 4.69. The van der Waals surface area contributed by atoms with Crippen LogP contribution in [0.15, 0.2) is 28.9 Å². The van der Waals surface area contributed by atoms with Gasteiger partial charge in [-0.3, -0.25) is 4.68 Å². The fourth-order valence-electron chi connectivity index (χ4n) is 1.36. The predicted molar refractivity (Wildman–Crippen MR) is 69.0 cm³/mol. The topological polar surface area (TPSA) is 39.9 Å². The van der Waals surface area contributed by atoms with Crippen LogP contribution >= 0.6 is 27.5 Å². The van der Waals surface area contributed by atoms with Gasteiger partial charge < -0.3 is 4.74 Å². The largest absolute Gasteiger partial charge is 0.486 e. The normalized spacial score (nSPS) is 10.5. The van der Waals surface area contributed by atoms with Gasteiger partial charge >= 0.3 is 0 Å². The lowest BCUT2D eigenvalue weighted by Gasteiger charge is -2.07. The van der Waals surface area contributed by atoms with E-state index in [4.69, 9.17) is 16.3 Å². The Morgan fingerprint density at radius 1 is 1.47 bits per heavy atom. The van der Waals surface area contributed by atoms with Crippen molar-refractivity contribution in [2.45, 2.75) is 12.5 Å². The lowest BCUT2D eigenvalue weighted by Crippen LogP contribution is -1.96. The van der Waals surface area contributed by atoms with E-state index in [2.05, 4.69) is 26.2 Å². The Bertz CT molecular complexity index is 515. The van der Waals surface area contributed by atoms with Crippen molar-refractivity contribution in [3.8, 4) is 5.75 Å². The van der Waals surface area contributed by atoms with Crippen LogP contribution in [0.25, 0.3) is 0 Å². The Kier molecular flexibility index (Phi) is 4.02. The summed E-state index contributed by atoms with van der Waals surface area (Å²) in [5.41, 5.74) is 1.84. The quantitative estimate of drug-likeness (QED) is 0.814. The maximum Gasteiger partial charge on any atom is 0.134 e. The summed E-state index contributed by atoms with van der Waals surface area (Å²) >= 11 is 9.19. The number of alkyl halides is 1. The smallest absolute Gasteiger partial charge is 0.134 e. The van der Waals surface area contributed by atoms with E-state index in [-0.39, 0.29) is 0 Å². The Hall–Kier alpha value is -1.07. The van der Waals surface area contributed by atoms with Crippen molar-refractivity contribution in [2.24, 2.45) is 7.05 Å². The number of halogens is 2. The molecule has 0 N–H and O–H groups in total. The van der Waals surface area contributed by atoms with Gasteiger partial charge in [-0.2, -0.15) is 0 Å². The second-order valence-electron chi connectivity index (χ2n) is 3.57. The first kappa shape index (κ1) is 12.4. The summed E-state index contributed by atoms with van der Waals surface area (Å²) in [6.45, 7) is 0.395. The van der Waals surface area contributed by atoms with Gasteiger partial charge in [0, 0.05) is 12.9 Å². The van der Waals surface area contributed by atoms with Crippen LogP contribution in [0, 0.1) is 0 Å². The highest BCUT2D eigenvalue weighted by Crippen LogP contribution is 2.27. The van der Waals surface area contributed by atoms with Gasteiger partial charge in [-0.25, -0.2) is 0 Å². The van der Waals surface area contributed by atoms with Crippen LogP contribution in [0.5, 0.6) is 5.75 Å². The van der Waals surface area contributed by atoms with Gasteiger partial charge in [0.2, 0.25) is 0 Å². The van der Waals surface area contributed by atoms with Gasteiger partial charge in [0.05, 0.1) is 10.7 Å². The fourth-order valence-corrected chi connectivity index (χ4v) is 2.06. The zero-order chi connectivity index (χ0) is 12.3. The molecular formula is C11H11BrClN3O. The molecule has 0 radical (unpaired) electrons. The molecular weight excluding hydrogens is 305 g/mol. The average molecular weight is 317 g/mol. The van der Waals surface area contributed by atoms with Crippen molar-refractivity contribution in [3.05, 3.63) is 40.1 Å². The lowest BCUT2D eigenvalue weighted by molar-refractivity contribution is 0.299. The number of benzene rings is 1. The second kappa shape index (κ2) is 5.51. The summed E-state index contributed by atoms with van der Waals surface area (Å²) in [6, 6.07) is 5.76. The summed E-state index contributed by atoms with van der Waals surface area (Å²) in [6.07, 6.45) is 1.82. The zero-order valence-corrected chi connectivity index (χ0v) is 11.6. The summed E-state index contributed by atoms with van der Waals surface area (Å²) in [5.74, 6) is 1.26. The van der Waals surface area contributed by atoms with Crippen molar-refractivity contribution in [3.63, 3.8) is 0 Å².